The Bertz CT molecular complexity index is 966. The van der Waals surface area contributed by atoms with Gasteiger partial charge in [0, 0.05) is 58.2 Å². The normalized spacial score (nSPS) is 20.7. The molecule has 0 aromatic heterocycles. The van der Waals surface area contributed by atoms with Gasteiger partial charge >= 0.3 is 5.97 Å². The molecule has 1 unspecified atom stereocenters. The molecule has 2 amide bonds. The number of anilines is 1. The number of morpholine rings is 1. The van der Waals surface area contributed by atoms with Gasteiger partial charge in [0.25, 0.3) is 11.8 Å². The monoisotopic (exact) mass is 508 g/mol. The zero-order valence-corrected chi connectivity index (χ0v) is 20.8. The fourth-order valence-corrected chi connectivity index (χ4v) is 5.28. The number of likely N-dealkylation sites (tertiary alicyclic amines) is 1. The van der Waals surface area contributed by atoms with Gasteiger partial charge in [0.05, 0.1) is 35.6 Å². The highest BCUT2D eigenvalue weighted by Crippen LogP contribution is 2.40. The summed E-state index contributed by atoms with van der Waals surface area (Å²) in [4.78, 5) is 39.0. The van der Waals surface area contributed by atoms with Crippen LogP contribution in [0.5, 0.6) is 5.75 Å². The van der Waals surface area contributed by atoms with Crippen LogP contribution in [-0.4, -0.2) is 92.8 Å². The van der Waals surface area contributed by atoms with Gasteiger partial charge in [0.1, 0.15) is 5.75 Å². The molecule has 10 nitrogen and oxygen atoms in total. The molecule has 35 heavy (non-hydrogen) atoms. The lowest BCUT2D eigenvalue weighted by molar-refractivity contribution is -0.150. The van der Waals surface area contributed by atoms with Crippen LogP contribution in [0.25, 0.3) is 0 Å². The number of hydrogen-bond acceptors (Lipinski definition) is 8. The Morgan fingerprint density at radius 1 is 1.23 bits per heavy atom. The van der Waals surface area contributed by atoms with Crippen LogP contribution < -0.4 is 15.8 Å². The molecule has 192 valence electrons. The first-order chi connectivity index (χ1) is 16.8. The molecule has 1 atom stereocenters. The number of halogens is 1. The summed E-state index contributed by atoms with van der Waals surface area (Å²) in [6.45, 7) is 6.87. The van der Waals surface area contributed by atoms with Gasteiger partial charge in [-0.1, -0.05) is 11.6 Å². The maximum Gasteiger partial charge on any atom is 0.303 e. The first-order valence-corrected chi connectivity index (χ1v) is 12.5. The second-order valence-electron chi connectivity index (χ2n) is 9.29. The standard InChI is InChI=1S/C24H33ClN4O6/c1-15(30)35-14-21(31)29-5-2-16(3-6-29)12-28-7-9-33-17(13-28)11-27-22-18-4-8-34-23(18)19(24(26)32)10-20(22)25/h10,16-17,27H,2-9,11-14H2,1H3,(H2,26,32). The summed E-state index contributed by atoms with van der Waals surface area (Å²) in [7, 11) is 0. The van der Waals surface area contributed by atoms with E-state index in [9.17, 15) is 14.4 Å². The molecule has 1 aromatic carbocycles. The number of piperidine rings is 1. The van der Waals surface area contributed by atoms with Gasteiger partial charge in [-0.2, -0.15) is 0 Å². The van der Waals surface area contributed by atoms with Crippen LogP contribution >= 0.6 is 11.6 Å². The first kappa shape index (κ1) is 25.5. The number of ether oxygens (including phenoxy) is 3. The van der Waals surface area contributed by atoms with Gasteiger partial charge < -0.3 is 30.2 Å². The Kier molecular flexibility index (Phi) is 8.35. The van der Waals surface area contributed by atoms with Crippen LogP contribution in [0.15, 0.2) is 6.07 Å². The number of rotatable bonds is 8. The smallest absolute Gasteiger partial charge is 0.303 e. The van der Waals surface area contributed by atoms with E-state index in [4.69, 9.17) is 31.5 Å². The van der Waals surface area contributed by atoms with Crippen molar-refractivity contribution in [1.29, 1.82) is 0 Å². The number of amides is 2. The Labute approximate surface area is 210 Å². The molecule has 1 aromatic rings. The average Bonchev–Trinajstić information content (AvgIpc) is 3.32. The summed E-state index contributed by atoms with van der Waals surface area (Å²) in [5.74, 6) is -0.0887. The SMILES string of the molecule is CC(=O)OCC(=O)N1CCC(CN2CCOC(CNc3c(Cl)cc(C(N)=O)c4c3CCO4)C2)CC1. The maximum atomic E-state index is 12.2. The van der Waals surface area contributed by atoms with Crippen molar-refractivity contribution in [1.82, 2.24) is 9.80 Å². The van der Waals surface area contributed by atoms with Crippen molar-refractivity contribution in [3.63, 3.8) is 0 Å². The Balaban J connectivity index is 1.26. The number of nitrogens with two attached hydrogens (primary N) is 1. The highest BCUT2D eigenvalue weighted by molar-refractivity contribution is 6.34. The van der Waals surface area contributed by atoms with E-state index in [1.54, 1.807) is 11.0 Å². The van der Waals surface area contributed by atoms with Crippen LogP contribution in [-0.2, 0) is 25.5 Å². The molecule has 3 aliphatic heterocycles. The molecule has 3 aliphatic rings. The second kappa shape index (κ2) is 11.5. The highest BCUT2D eigenvalue weighted by Gasteiger charge is 2.29. The Morgan fingerprint density at radius 3 is 2.71 bits per heavy atom. The van der Waals surface area contributed by atoms with Crippen LogP contribution in [0, 0.1) is 5.92 Å². The molecular weight excluding hydrogens is 476 g/mol. The predicted molar refractivity (Wildman–Crippen MR) is 130 cm³/mol. The number of nitrogens with zero attached hydrogens (tertiary/aromatic N) is 2. The molecular formula is C24H33ClN4O6. The van der Waals surface area contributed by atoms with E-state index in [2.05, 4.69) is 10.2 Å². The minimum Gasteiger partial charge on any atom is -0.492 e. The zero-order chi connectivity index (χ0) is 24.9. The number of fused-ring (bicyclic) bond motifs is 1. The molecule has 2 saturated heterocycles. The largest absolute Gasteiger partial charge is 0.492 e. The summed E-state index contributed by atoms with van der Waals surface area (Å²) < 4.78 is 16.5. The molecule has 3 heterocycles. The van der Waals surface area contributed by atoms with E-state index in [1.165, 1.54) is 6.92 Å². The molecule has 0 aliphatic carbocycles. The third-order valence-corrected chi connectivity index (χ3v) is 7.10. The van der Waals surface area contributed by atoms with Gasteiger partial charge in [0.15, 0.2) is 6.61 Å². The molecule has 0 saturated carbocycles. The number of benzene rings is 1. The Hall–Kier alpha value is -2.56. The first-order valence-electron chi connectivity index (χ1n) is 12.1. The van der Waals surface area contributed by atoms with E-state index in [-0.39, 0.29) is 18.6 Å². The molecule has 2 fully saturated rings. The van der Waals surface area contributed by atoms with Crippen molar-refractivity contribution in [3.8, 4) is 5.75 Å². The van der Waals surface area contributed by atoms with Crippen LogP contribution in [0.4, 0.5) is 5.69 Å². The number of primary amides is 1. The number of nitrogens with one attached hydrogen (secondary N) is 1. The quantitative estimate of drug-likeness (QED) is 0.503. The number of hydrogen-bond donors (Lipinski definition) is 2. The van der Waals surface area contributed by atoms with Crippen molar-refractivity contribution >= 4 is 35.1 Å². The number of carbonyl (C=O) groups is 3. The van der Waals surface area contributed by atoms with Crippen LogP contribution in [0.3, 0.4) is 0 Å². The van der Waals surface area contributed by atoms with Crippen molar-refractivity contribution in [2.24, 2.45) is 11.7 Å². The van der Waals surface area contributed by atoms with Gasteiger partial charge in [-0.25, -0.2) is 0 Å². The minimum absolute atomic E-state index is 0.000925. The van der Waals surface area contributed by atoms with E-state index in [0.29, 0.717) is 61.5 Å². The predicted octanol–water partition coefficient (Wildman–Crippen LogP) is 1.29. The molecule has 11 heteroatoms. The lowest BCUT2D eigenvalue weighted by Gasteiger charge is -2.38. The van der Waals surface area contributed by atoms with E-state index in [1.807, 2.05) is 0 Å². The van der Waals surface area contributed by atoms with Crippen molar-refractivity contribution in [3.05, 3.63) is 22.2 Å². The van der Waals surface area contributed by atoms with Crippen molar-refractivity contribution < 1.29 is 28.6 Å². The van der Waals surface area contributed by atoms with Gasteiger partial charge in [-0.15, -0.1) is 0 Å². The summed E-state index contributed by atoms with van der Waals surface area (Å²) >= 11 is 6.47. The summed E-state index contributed by atoms with van der Waals surface area (Å²) in [5.41, 5.74) is 7.44. The van der Waals surface area contributed by atoms with Crippen LogP contribution in [0.2, 0.25) is 5.02 Å². The number of carbonyl (C=O) groups excluding carboxylic acids is 3. The Morgan fingerprint density at radius 2 is 2.00 bits per heavy atom. The van der Waals surface area contributed by atoms with Crippen LogP contribution in [0.1, 0.15) is 35.7 Å². The molecule has 3 N–H and O–H groups in total. The summed E-state index contributed by atoms with van der Waals surface area (Å²) in [6.07, 6.45) is 2.53. The van der Waals surface area contributed by atoms with Crippen molar-refractivity contribution in [2.45, 2.75) is 32.3 Å². The second-order valence-corrected chi connectivity index (χ2v) is 9.70. The zero-order valence-electron chi connectivity index (χ0n) is 20.0. The number of esters is 1. The highest BCUT2D eigenvalue weighted by atomic mass is 35.5. The average molecular weight is 509 g/mol. The summed E-state index contributed by atoms with van der Waals surface area (Å²) in [6, 6.07) is 1.56. The van der Waals surface area contributed by atoms with Crippen molar-refractivity contribution in [2.75, 3.05) is 64.4 Å². The van der Waals surface area contributed by atoms with E-state index >= 15 is 0 Å². The summed E-state index contributed by atoms with van der Waals surface area (Å²) in [5, 5.41) is 3.87. The van der Waals surface area contributed by atoms with E-state index in [0.717, 1.165) is 43.7 Å². The molecule has 0 spiro atoms. The van der Waals surface area contributed by atoms with E-state index < -0.39 is 11.9 Å². The fourth-order valence-electron chi connectivity index (χ4n) is 4.99. The van der Waals surface area contributed by atoms with Gasteiger partial charge in [-0.3, -0.25) is 19.3 Å². The topological polar surface area (TPSA) is 123 Å². The van der Waals surface area contributed by atoms with Gasteiger partial charge in [0.2, 0.25) is 0 Å². The third kappa shape index (κ3) is 6.36. The van der Waals surface area contributed by atoms with Gasteiger partial charge in [-0.05, 0) is 24.8 Å². The molecule has 0 radical (unpaired) electrons. The third-order valence-electron chi connectivity index (χ3n) is 6.81. The minimum atomic E-state index is -0.553. The lowest BCUT2D eigenvalue weighted by Crippen LogP contribution is -2.48. The maximum absolute atomic E-state index is 12.2. The molecule has 4 rings (SSSR count). The molecule has 0 bridgehead atoms. The lowest BCUT2D eigenvalue weighted by atomic mass is 9.95. The fraction of sp³-hybridized carbons (Fsp3) is 0.625.